The molecule has 0 atom stereocenters. The van der Waals surface area contributed by atoms with Gasteiger partial charge >= 0.3 is 6.01 Å². The predicted octanol–water partition coefficient (Wildman–Crippen LogP) is 3.33. The summed E-state index contributed by atoms with van der Waals surface area (Å²) in [7, 11) is 2.02. The molecule has 0 radical (unpaired) electrons. The van der Waals surface area contributed by atoms with Gasteiger partial charge in [-0.15, -0.1) is 0 Å². The van der Waals surface area contributed by atoms with Crippen LogP contribution in [0.25, 0.3) is 0 Å². The number of ether oxygens (including phenoxy) is 1. The zero-order valence-electron chi connectivity index (χ0n) is 12.7. The molecule has 0 N–H and O–H groups in total. The van der Waals surface area contributed by atoms with Gasteiger partial charge in [0, 0.05) is 13.1 Å². The number of rotatable bonds is 4. The minimum atomic E-state index is 0.182. The van der Waals surface area contributed by atoms with Crippen LogP contribution >= 0.6 is 11.6 Å². The van der Waals surface area contributed by atoms with Crippen molar-refractivity contribution in [2.24, 2.45) is 5.41 Å². The number of aromatic nitrogens is 3. The lowest BCUT2D eigenvalue weighted by Crippen LogP contribution is -2.38. The number of hydrogen-bond acceptors (Lipinski definition) is 5. The van der Waals surface area contributed by atoms with Crippen molar-refractivity contribution in [3.05, 3.63) is 5.28 Å². The first-order chi connectivity index (χ1) is 9.41. The van der Waals surface area contributed by atoms with E-state index in [1.165, 1.54) is 12.8 Å². The molecular weight excluding hydrogens is 276 g/mol. The van der Waals surface area contributed by atoms with Gasteiger partial charge < -0.3 is 9.64 Å². The summed E-state index contributed by atoms with van der Waals surface area (Å²) in [5.41, 5.74) is 0.449. The Labute approximate surface area is 125 Å². The van der Waals surface area contributed by atoms with E-state index in [-0.39, 0.29) is 5.28 Å². The molecule has 0 bridgehead atoms. The molecular formula is C14H23ClN4O. The Hall–Kier alpha value is -1.10. The highest BCUT2D eigenvalue weighted by Crippen LogP contribution is 2.37. The molecule has 5 nitrogen and oxygen atoms in total. The fraction of sp³-hybridized carbons (Fsp3) is 0.786. The van der Waals surface area contributed by atoms with Gasteiger partial charge in [-0.2, -0.15) is 15.0 Å². The lowest BCUT2D eigenvalue weighted by Gasteiger charge is -2.38. The van der Waals surface area contributed by atoms with E-state index in [0.717, 1.165) is 12.8 Å². The summed E-state index contributed by atoms with van der Waals surface area (Å²) in [4.78, 5) is 14.6. The Bertz CT molecular complexity index is 456. The second kappa shape index (κ2) is 6.12. The highest BCUT2D eigenvalue weighted by atomic mass is 35.5. The van der Waals surface area contributed by atoms with E-state index >= 15 is 0 Å². The zero-order chi connectivity index (χ0) is 14.8. The van der Waals surface area contributed by atoms with E-state index in [2.05, 4.69) is 33.7 Å². The van der Waals surface area contributed by atoms with Gasteiger partial charge in [0.1, 0.15) is 0 Å². The van der Waals surface area contributed by atoms with Crippen molar-refractivity contribution in [3.8, 4) is 6.01 Å². The van der Waals surface area contributed by atoms with Crippen LogP contribution < -0.4 is 9.64 Å². The molecule has 1 saturated carbocycles. The topological polar surface area (TPSA) is 51.1 Å². The van der Waals surface area contributed by atoms with E-state index in [4.69, 9.17) is 16.3 Å². The highest BCUT2D eigenvalue weighted by Gasteiger charge is 2.30. The van der Waals surface area contributed by atoms with Crippen LogP contribution in [0.1, 0.15) is 46.5 Å². The fourth-order valence-corrected chi connectivity index (χ4v) is 2.76. The zero-order valence-corrected chi connectivity index (χ0v) is 13.4. The summed E-state index contributed by atoms with van der Waals surface area (Å²) in [6, 6.07) is 0.751. The first-order valence-electron chi connectivity index (χ1n) is 7.18. The Balaban J connectivity index is 2.11. The van der Waals surface area contributed by atoms with Gasteiger partial charge in [0.2, 0.25) is 11.2 Å². The maximum Gasteiger partial charge on any atom is 0.322 e. The van der Waals surface area contributed by atoms with Crippen molar-refractivity contribution in [3.63, 3.8) is 0 Å². The van der Waals surface area contributed by atoms with Crippen LogP contribution in [0, 0.1) is 5.41 Å². The summed E-state index contributed by atoms with van der Waals surface area (Å²) >= 11 is 5.95. The molecule has 6 heteroatoms. The first-order valence-corrected chi connectivity index (χ1v) is 7.56. The van der Waals surface area contributed by atoms with Gasteiger partial charge in [-0.3, -0.25) is 0 Å². The fourth-order valence-electron chi connectivity index (χ4n) is 2.61. The van der Waals surface area contributed by atoms with Gasteiger partial charge in [0.15, 0.2) is 0 Å². The molecule has 0 aliphatic heterocycles. The van der Waals surface area contributed by atoms with Crippen LogP contribution in [-0.2, 0) is 0 Å². The molecule has 0 spiro atoms. The van der Waals surface area contributed by atoms with Crippen molar-refractivity contribution in [2.75, 3.05) is 18.6 Å². The minimum absolute atomic E-state index is 0.182. The Morgan fingerprint density at radius 1 is 1.25 bits per heavy atom. The van der Waals surface area contributed by atoms with Gasteiger partial charge in [-0.25, -0.2) is 0 Å². The van der Waals surface area contributed by atoms with E-state index in [1.54, 1.807) is 0 Å². The van der Waals surface area contributed by atoms with Crippen LogP contribution in [-0.4, -0.2) is 34.6 Å². The summed E-state index contributed by atoms with van der Waals surface area (Å²) in [5, 5.41) is 0.182. The SMILES string of the molecule is CCOc1nc(Cl)nc(N(C)C2CCC(C)(C)CC2)n1. The number of halogens is 1. The Morgan fingerprint density at radius 2 is 1.90 bits per heavy atom. The van der Waals surface area contributed by atoms with Gasteiger partial charge in [-0.1, -0.05) is 13.8 Å². The standard InChI is InChI=1S/C14H23ClN4O/c1-5-20-13-17-11(15)16-12(18-13)19(4)10-6-8-14(2,3)9-7-10/h10H,5-9H2,1-4H3. The molecule has 1 aliphatic rings. The molecule has 1 aliphatic carbocycles. The molecule has 2 rings (SSSR count). The summed E-state index contributed by atoms with van der Waals surface area (Å²) < 4.78 is 5.32. The third kappa shape index (κ3) is 3.72. The average Bonchev–Trinajstić information content (AvgIpc) is 2.37. The van der Waals surface area contributed by atoms with E-state index in [0.29, 0.717) is 30.0 Å². The van der Waals surface area contributed by atoms with E-state index in [9.17, 15) is 0 Å². The number of anilines is 1. The second-order valence-corrected chi connectivity index (χ2v) is 6.46. The third-order valence-electron chi connectivity index (χ3n) is 4.02. The molecule has 0 saturated heterocycles. The van der Waals surface area contributed by atoms with Crippen molar-refractivity contribution in [2.45, 2.75) is 52.5 Å². The maximum absolute atomic E-state index is 5.95. The van der Waals surface area contributed by atoms with Crippen LogP contribution in [0.15, 0.2) is 0 Å². The number of nitrogens with zero attached hydrogens (tertiary/aromatic N) is 4. The molecule has 0 amide bonds. The summed E-state index contributed by atoms with van der Waals surface area (Å²) in [6.45, 7) is 7.07. The molecule has 112 valence electrons. The maximum atomic E-state index is 5.95. The lowest BCUT2D eigenvalue weighted by atomic mass is 9.75. The second-order valence-electron chi connectivity index (χ2n) is 6.13. The molecule has 0 unspecified atom stereocenters. The van der Waals surface area contributed by atoms with Crippen LogP contribution in [0.3, 0.4) is 0 Å². The molecule has 1 aromatic rings. The van der Waals surface area contributed by atoms with Gasteiger partial charge in [-0.05, 0) is 49.6 Å². The Morgan fingerprint density at radius 3 is 2.50 bits per heavy atom. The largest absolute Gasteiger partial charge is 0.464 e. The average molecular weight is 299 g/mol. The summed E-state index contributed by atoms with van der Waals surface area (Å²) in [5.74, 6) is 0.596. The van der Waals surface area contributed by atoms with Crippen LogP contribution in [0.4, 0.5) is 5.95 Å². The molecule has 20 heavy (non-hydrogen) atoms. The summed E-state index contributed by atoms with van der Waals surface area (Å²) in [6.07, 6.45) is 4.74. The highest BCUT2D eigenvalue weighted by molar-refractivity contribution is 6.28. The van der Waals surface area contributed by atoms with Crippen molar-refractivity contribution in [1.82, 2.24) is 15.0 Å². The quantitative estimate of drug-likeness (QED) is 0.853. The minimum Gasteiger partial charge on any atom is -0.464 e. The lowest BCUT2D eigenvalue weighted by molar-refractivity contribution is 0.221. The van der Waals surface area contributed by atoms with E-state index in [1.807, 2.05) is 14.0 Å². The van der Waals surface area contributed by atoms with Gasteiger partial charge in [0.05, 0.1) is 6.61 Å². The Kier molecular flexibility index (Phi) is 4.68. The smallest absolute Gasteiger partial charge is 0.322 e. The molecule has 1 fully saturated rings. The molecule has 1 heterocycles. The monoisotopic (exact) mass is 298 g/mol. The number of hydrogen-bond donors (Lipinski definition) is 0. The third-order valence-corrected chi connectivity index (χ3v) is 4.19. The van der Waals surface area contributed by atoms with Gasteiger partial charge in [0.25, 0.3) is 0 Å². The van der Waals surface area contributed by atoms with Crippen molar-refractivity contribution >= 4 is 17.5 Å². The first kappa shape index (κ1) is 15.3. The van der Waals surface area contributed by atoms with Crippen LogP contribution in [0.5, 0.6) is 6.01 Å². The molecule has 1 aromatic heterocycles. The van der Waals surface area contributed by atoms with Crippen LogP contribution in [0.2, 0.25) is 5.28 Å². The van der Waals surface area contributed by atoms with Crippen molar-refractivity contribution < 1.29 is 4.74 Å². The van der Waals surface area contributed by atoms with Crippen molar-refractivity contribution in [1.29, 1.82) is 0 Å². The predicted molar refractivity (Wildman–Crippen MR) is 80.4 cm³/mol. The van der Waals surface area contributed by atoms with E-state index < -0.39 is 0 Å². The molecule has 0 aromatic carbocycles. The normalized spacial score (nSPS) is 18.9.